The van der Waals surface area contributed by atoms with Crippen LogP contribution in [0.2, 0.25) is 0 Å². The van der Waals surface area contributed by atoms with Gasteiger partial charge in [-0.05, 0) is 48.2 Å². The van der Waals surface area contributed by atoms with Crippen molar-refractivity contribution in [2.45, 2.75) is 39.3 Å². The van der Waals surface area contributed by atoms with Gasteiger partial charge in [0.25, 0.3) is 5.91 Å². The van der Waals surface area contributed by atoms with E-state index in [2.05, 4.69) is 12.2 Å². The second kappa shape index (κ2) is 7.92. The summed E-state index contributed by atoms with van der Waals surface area (Å²) in [4.78, 5) is 12.4. The molecule has 0 fully saturated rings. The number of benzene rings is 2. The summed E-state index contributed by atoms with van der Waals surface area (Å²) >= 11 is 0. The number of nitrogens with one attached hydrogen (secondary N) is 1. The summed E-state index contributed by atoms with van der Waals surface area (Å²) in [6, 6.07) is 13.5. The van der Waals surface area contributed by atoms with Crippen molar-refractivity contribution in [2.75, 3.05) is 6.79 Å². The first-order chi connectivity index (χ1) is 12.2. The van der Waals surface area contributed by atoms with E-state index in [1.54, 1.807) is 0 Å². The Hall–Kier alpha value is -2.69. The van der Waals surface area contributed by atoms with Crippen molar-refractivity contribution in [1.29, 1.82) is 0 Å². The van der Waals surface area contributed by atoms with Crippen LogP contribution in [0.3, 0.4) is 0 Å². The van der Waals surface area contributed by atoms with E-state index in [0.29, 0.717) is 24.5 Å². The molecule has 132 valence electrons. The second-order valence-electron chi connectivity index (χ2n) is 5.92. The highest BCUT2D eigenvalue weighted by Gasteiger charge is 2.19. The molecule has 1 atom stereocenters. The van der Waals surface area contributed by atoms with Gasteiger partial charge in [0.15, 0.2) is 17.6 Å². The lowest BCUT2D eigenvalue weighted by Crippen LogP contribution is -2.37. The van der Waals surface area contributed by atoms with Gasteiger partial charge in [-0.15, -0.1) is 0 Å². The molecular formula is C20H23NO4. The van der Waals surface area contributed by atoms with Gasteiger partial charge < -0.3 is 19.5 Å². The molecule has 1 N–H and O–H groups in total. The lowest BCUT2D eigenvalue weighted by atomic mass is 10.1. The van der Waals surface area contributed by atoms with Crippen molar-refractivity contribution >= 4 is 5.91 Å². The molecule has 25 heavy (non-hydrogen) atoms. The van der Waals surface area contributed by atoms with Crippen molar-refractivity contribution in [2.24, 2.45) is 0 Å². The predicted molar refractivity (Wildman–Crippen MR) is 94.9 cm³/mol. The number of ether oxygens (including phenoxy) is 3. The van der Waals surface area contributed by atoms with Crippen LogP contribution in [0.15, 0.2) is 42.5 Å². The standard InChI is InChI=1S/C20H23NO4/c1-3-14-5-8-16(9-6-14)25-17(4-2)20(22)21-12-15-7-10-18-19(11-15)24-13-23-18/h5-11,17H,3-4,12-13H2,1-2H3,(H,21,22). The maximum absolute atomic E-state index is 12.4. The average Bonchev–Trinajstić information content (AvgIpc) is 3.12. The van der Waals surface area contributed by atoms with E-state index in [-0.39, 0.29) is 12.7 Å². The quantitative estimate of drug-likeness (QED) is 0.838. The van der Waals surface area contributed by atoms with E-state index in [1.807, 2.05) is 49.4 Å². The van der Waals surface area contributed by atoms with E-state index in [0.717, 1.165) is 17.7 Å². The highest BCUT2D eigenvalue weighted by molar-refractivity contribution is 5.81. The average molecular weight is 341 g/mol. The van der Waals surface area contributed by atoms with Gasteiger partial charge in [0.05, 0.1) is 0 Å². The molecule has 0 aromatic heterocycles. The monoisotopic (exact) mass is 341 g/mol. The Kier molecular flexibility index (Phi) is 5.43. The summed E-state index contributed by atoms with van der Waals surface area (Å²) in [5.41, 5.74) is 2.20. The SMILES string of the molecule is CCc1ccc(OC(CC)C(=O)NCc2ccc3c(c2)OCO3)cc1. The maximum Gasteiger partial charge on any atom is 0.261 e. The summed E-state index contributed by atoms with van der Waals surface area (Å²) in [5, 5.41) is 2.92. The first-order valence-corrected chi connectivity index (χ1v) is 8.61. The zero-order chi connectivity index (χ0) is 17.6. The Morgan fingerprint density at radius 1 is 1.08 bits per heavy atom. The van der Waals surface area contributed by atoms with Crippen LogP contribution in [-0.2, 0) is 17.8 Å². The second-order valence-corrected chi connectivity index (χ2v) is 5.92. The van der Waals surface area contributed by atoms with Crippen LogP contribution in [0.25, 0.3) is 0 Å². The lowest BCUT2D eigenvalue weighted by molar-refractivity contribution is -0.128. The highest BCUT2D eigenvalue weighted by Crippen LogP contribution is 2.32. The summed E-state index contributed by atoms with van der Waals surface area (Å²) < 4.78 is 16.5. The third kappa shape index (κ3) is 4.24. The van der Waals surface area contributed by atoms with E-state index in [1.165, 1.54) is 5.56 Å². The Morgan fingerprint density at radius 3 is 2.52 bits per heavy atom. The normalized spacial score (nSPS) is 13.4. The van der Waals surface area contributed by atoms with Crippen LogP contribution in [0.1, 0.15) is 31.4 Å². The minimum absolute atomic E-state index is 0.125. The molecule has 2 aromatic rings. The molecule has 1 heterocycles. The van der Waals surface area contributed by atoms with Gasteiger partial charge in [-0.2, -0.15) is 0 Å². The Labute approximate surface area is 147 Å². The fraction of sp³-hybridized carbons (Fsp3) is 0.350. The Balaban J connectivity index is 1.56. The molecule has 1 aliphatic heterocycles. The molecule has 1 aliphatic rings. The van der Waals surface area contributed by atoms with E-state index in [9.17, 15) is 4.79 Å². The molecule has 0 saturated carbocycles. The topological polar surface area (TPSA) is 56.8 Å². The van der Waals surface area contributed by atoms with E-state index < -0.39 is 6.10 Å². The lowest BCUT2D eigenvalue weighted by Gasteiger charge is -2.17. The molecule has 0 radical (unpaired) electrons. The number of rotatable bonds is 7. The summed E-state index contributed by atoms with van der Waals surface area (Å²) in [6.07, 6.45) is 1.07. The van der Waals surface area contributed by atoms with E-state index in [4.69, 9.17) is 14.2 Å². The van der Waals surface area contributed by atoms with Gasteiger partial charge in [-0.1, -0.05) is 32.0 Å². The molecule has 0 aliphatic carbocycles. The van der Waals surface area contributed by atoms with Crippen molar-refractivity contribution in [3.05, 3.63) is 53.6 Å². The van der Waals surface area contributed by atoms with Crippen molar-refractivity contribution < 1.29 is 19.0 Å². The molecular weight excluding hydrogens is 318 g/mol. The molecule has 2 aromatic carbocycles. The van der Waals surface area contributed by atoms with Gasteiger partial charge in [0, 0.05) is 6.54 Å². The van der Waals surface area contributed by atoms with Gasteiger partial charge in [0.1, 0.15) is 5.75 Å². The van der Waals surface area contributed by atoms with Crippen molar-refractivity contribution in [3.8, 4) is 17.2 Å². The number of hydrogen-bond acceptors (Lipinski definition) is 4. The number of hydrogen-bond donors (Lipinski definition) is 1. The van der Waals surface area contributed by atoms with Gasteiger partial charge in [-0.25, -0.2) is 0 Å². The Morgan fingerprint density at radius 2 is 1.80 bits per heavy atom. The third-order valence-corrected chi connectivity index (χ3v) is 4.18. The van der Waals surface area contributed by atoms with Crippen LogP contribution in [0.5, 0.6) is 17.2 Å². The zero-order valence-corrected chi connectivity index (χ0v) is 14.6. The maximum atomic E-state index is 12.4. The number of aryl methyl sites for hydroxylation is 1. The highest BCUT2D eigenvalue weighted by atomic mass is 16.7. The van der Waals surface area contributed by atoms with Crippen molar-refractivity contribution in [3.63, 3.8) is 0 Å². The fourth-order valence-electron chi connectivity index (χ4n) is 2.64. The number of carbonyl (C=O) groups is 1. The minimum Gasteiger partial charge on any atom is -0.481 e. The van der Waals surface area contributed by atoms with Gasteiger partial charge >= 0.3 is 0 Å². The number of fused-ring (bicyclic) bond motifs is 1. The predicted octanol–water partition coefficient (Wildman–Crippen LogP) is 3.45. The molecule has 0 saturated heterocycles. The third-order valence-electron chi connectivity index (χ3n) is 4.18. The summed E-state index contributed by atoms with van der Waals surface area (Å²) in [5.74, 6) is 2.04. The first kappa shape index (κ1) is 17.1. The largest absolute Gasteiger partial charge is 0.481 e. The van der Waals surface area contributed by atoms with Crippen LogP contribution in [-0.4, -0.2) is 18.8 Å². The summed E-state index contributed by atoms with van der Waals surface area (Å²) in [6.45, 7) is 4.71. The van der Waals surface area contributed by atoms with Crippen LogP contribution < -0.4 is 19.5 Å². The number of carbonyl (C=O) groups excluding carboxylic acids is 1. The van der Waals surface area contributed by atoms with E-state index >= 15 is 0 Å². The minimum atomic E-state index is -0.513. The first-order valence-electron chi connectivity index (χ1n) is 8.61. The molecule has 0 bridgehead atoms. The fourth-order valence-corrected chi connectivity index (χ4v) is 2.64. The smallest absolute Gasteiger partial charge is 0.261 e. The van der Waals surface area contributed by atoms with Crippen molar-refractivity contribution in [1.82, 2.24) is 5.32 Å². The van der Waals surface area contributed by atoms with Crippen LogP contribution in [0, 0.1) is 0 Å². The summed E-state index contributed by atoms with van der Waals surface area (Å²) in [7, 11) is 0. The Bertz CT molecular complexity index is 727. The van der Waals surface area contributed by atoms with Crippen LogP contribution >= 0.6 is 0 Å². The molecule has 5 nitrogen and oxygen atoms in total. The van der Waals surface area contributed by atoms with Crippen LogP contribution in [0.4, 0.5) is 0 Å². The molecule has 1 amide bonds. The molecule has 3 rings (SSSR count). The molecule has 1 unspecified atom stereocenters. The molecule has 0 spiro atoms. The van der Waals surface area contributed by atoms with Gasteiger partial charge in [0.2, 0.25) is 6.79 Å². The number of amides is 1. The molecule has 5 heteroatoms. The zero-order valence-electron chi connectivity index (χ0n) is 14.6. The van der Waals surface area contributed by atoms with Gasteiger partial charge in [-0.3, -0.25) is 4.79 Å².